The molecule has 0 spiro atoms. The van der Waals surface area contributed by atoms with E-state index in [-0.39, 0.29) is 33.7 Å². The molecule has 8 nitrogen and oxygen atoms in total. The van der Waals surface area contributed by atoms with Gasteiger partial charge in [0.05, 0.1) is 34.1 Å². The zero-order chi connectivity index (χ0) is 28.7. The van der Waals surface area contributed by atoms with Crippen molar-refractivity contribution in [1.82, 2.24) is 20.1 Å². The van der Waals surface area contributed by atoms with Gasteiger partial charge >= 0.3 is 0 Å². The molecule has 2 heterocycles. The van der Waals surface area contributed by atoms with Crippen LogP contribution >= 0.6 is 0 Å². The maximum atomic E-state index is 14.1. The van der Waals surface area contributed by atoms with Crippen LogP contribution in [0.1, 0.15) is 55.6 Å². The lowest BCUT2D eigenvalue weighted by Crippen LogP contribution is -2.21. The number of ether oxygens (including phenoxy) is 1. The van der Waals surface area contributed by atoms with Crippen LogP contribution in [0.3, 0.4) is 0 Å². The summed E-state index contributed by atoms with van der Waals surface area (Å²) in [6.45, 7) is 8.01. The quantitative estimate of drug-likeness (QED) is 0.270. The van der Waals surface area contributed by atoms with Gasteiger partial charge in [-0.3, -0.25) is 19.3 Å². The van der Waals surface area contributed by atoms with Gasteiger partial charge in [0.15, 0.2) is 0 Å². The summed E-state index contributed by atoms with van der Waals surface area (Å²) < 4.78 is 48.5. The van der Waals surface area contributed by atoms with Gasteiger partial charge in [-0.15, -0.1) is 0 Å². The second kappa shape index (κ2) is 12.4. The van der Waals surface area contributed by atoms with Crippen molar-refractivity contribution in [2.24, 2.45) is 0 Å². The molecule has 4 rings (SSSR count). The number of fused-ring (bicyclic) bond motifs is 1. The Morgan fingerprint density at radius 1 is 1.15 bits per heavy atom. The van der Waals surface area contributed by atoms with Gasteiger partial charge in [-0.05, 0) is 57.0 Å². The number of benzene rings is 2. The molecule has 11 heteroatoms. The summed E-state index contributed by atoms with van der Waals surface area (Å²) in [5.41, 5.74) is 1.29. The van der Waals surface area contributed by atoms with Gasteiger partial charge in [0.25, 0.3) is 12.3 Å². The van der Waals surface area contributed by atoms with Crippen LogP contribution in [0.25, 0.3) is 10.9 Å². The summed E-state index contributed by atoms with van der Waals surface area (Å²) in [5, 5.41) is 9.34. The SMILES string of the molecule is CC(C)(C)n1cc(NC=O)cn1.CCc1ccc(Oc2ccnc3cc(F)c(C(=O)NC)cc23)c(C(F)F)c1. The van der Waals surface area contributed by atoms with Crippen molar-refractivity contribution < 1.29 is 27.5 Å². The lowest BCUT2D eigenvalue weighted by Gasteiger charge is -2.18. The number of hydrogen-bond acceptors (Lipinski definition) is 5. The van der Waals surface area contributed by atoms with Crippen molar-refractivity contribution >= 4 is 28.9 Å². The highest BCUT2D eigenvalue weighted by molar-refractivity contribution is 5.99. The minimum Gasteiger partial charge on any atom is -0.456 e. The highest BCUT2D eigenvalue weighted by atomic mass is 19.3. The Kier molecular flexibility index (Phi) is 9.29. The van der Waals surface area contributed by atoms with E-state index < -0.39 is 18.1 Å². The van der Waals surface area contributed by atoms with Crippen molar-refractivity contribution in [3.63, 3.8) is 0 Å². The third-order valence-corrected chi connectivity index (χ3v) is 5.69. The Balaban J connectivity index is 0.000000293. The number of carbonyl (C=O) groups excluding carboxylic acids is 2. The van der Waals surface area contributed by atoms with E-state index in [1.165, 1.54) is 37.5 Å². The number of aromatic nitrogens is 3. The van der Waals surface area contributed by atoms with Gasteiger partial charge in [0.2, 0.25) is 6.41 Å². The van der Waals surface area contributed by atoms with Crippen molar-refractivity contribution in [3.05, 3.63) is 77.5 Å². The van der Waals surface area contributed by atoms with Crippen LogP contribution < -0.4 is 15.4 Å². The van der Waals surface area contributed by atoms with Crippen molar-refractivity contribution in [3.8, 4) is 11.5 Å². The Bertz CT molecular complexity index is 1460. The van der Waals surface area contributed by atoms with E-state index in [1.54, 1.807) is 23.1 Å². The first-order valence-corrected chi connectivity index (χ1v) is 12.1. The van der Waals surface area contributed by atoms with Gasteiger partial charge in [-0.25, -0.2) is 13.2 Å². The molecule has 0 aliphatic rings. The van der Waals surface area contributed by atoms with Crippen LogP contribution in [-0.4, -0.2) is 34.1 Å². The van der Waals surface area contributed by atoms with E-state index in [2.05, 4.69) is 20.7 Å². The summed E-state index contributed by atoms with van der Waals surface area (Å²) in [6.07, 6.45) is 3.36. The molecule has 39 heavy (non-hydrogen) atoms. The van der Waals surface area contributed by atoms with E-state index in [1.807, 2.05) is 27.7 Å². The van der Waals surface area contributed by atoms with Crippen molar-refractivity contribution in [2.45, 2.75) is 46.1 Å². The largest absolute Gasteiger partial charge is 0.456 e. The first-order valence-electron chi connectivity index (χ1n) is 12.1. The number of amides is 2. The average molecular weight is 542 g/mol. The minimum atomic E-state index is -2.71. The van der Waals surface area contributed by atoms with Gasteiger partial charge < -0.3 is 15.4 Å². The number of pyridine rings is 1. The van der Waals surface area contributed by atoms with E-state index in [4.69, 9.17) is 4.74 Å². The minimum absolute atomic E-state index is 0.000480. The molecule has 4 aromatic rings. The third-order valence-electron chi connectivity index (χ3n) is 5.69. The third kappa shape index (κ3) is 7.13. The average Bonchev–Trinajstić information content (AvgIpc) is 3.38. The molecule has 0 fully saturated rings. The second-order valence-corrected chi connectivity index (χ2v) is 9.47. The fourth-order valence-corrected chi connectivity index (χ4v) is 3.57. The van der Waals surface area contributed by atoms with E-state index in [0.29, 0.717) is 18.2 Å². The number of nitrogens with one attached hydrogen (secondary N) is 2. The van der Waals surface area contributed by atoms with Gasteiger partial charge in [0, 0.05) is 30.9 Å². The molecule has 2 aromatic carbocycles. The zero-order valence-corrected chi connectivity index (χ0v) is 22.3. The molecule has 2 aromatic heterocycles. The Labute approximate surface area is 224 Å². The number of nitrogens with zero attached hydrogens (tertiary/aromatic N) is 3. The van der Waals surface area contributed by atoms with E-state index in [9.17, 15) is 22.8 Å². The number of halogens is 3. The first-order chi connectivity index (χ1) is 18.5. The molecular formula is C28H30F3N5O3. The molecule has 0 aliphatic heterocycles. The fraction of sp³-hybridized carbons (Fsp3) is 0.286. The lowest BCUT2D eigenvalue weighted by molar-refractivity contribution is -0.105. The van der Waals surface area contributed by atoms with E-state index >= 15 is 0 Å². The van der Waals surface area contributed by atoms with Gasteiger partial charge in [0.1, 0.15) is 17.3 Å². The highest BCUT2D eigenvalue weighted by Gasteiger charge is 2.19. The molecule has 2 N–H and O–H groups in total. The van der Waals surface area contributed by atoms with Crippen LogP contribution in [0.5, 0.6) is 11.5 Å². The molecule has 206 valence electrons. The van der Waals surface area contributed by atoms with Crippen LogP contribution in [0.4, 0.5) is 18.9 Å². The molecule has 0 unspecified atom stereocenters. The first kappa shape index (κ1) is 29.2. The zero-order valence-electron chi connectivity index (χ0n) is 22.3. The topological polar surface area (TPSA) is 98.1 Å². The van der Waals surface area contributed by atoms with Crippen LogP contribution in [0.2, 0.25) is 0 Å². The summed E-state index contributed by atoms with van der Waals surface area (Å²) >= 11 is 0. The smallest absolute Gasteiger partial charge is 0.267 e. The summed E-state index contributed by atoms with van der Waals surface area (Å²) in [7, 11) is 1.39. The Morgan fingerprint density at radius 3 is 2.49 bits per heavy atom. The van der Waals surface area contributed by atoms with Crippen molar-refractivity contribution in [1.29, 1.82) is 0 Å². The Hall–Kier alpha value is -4.41. The highest BCUT2D eigenvalue weighted by Crippen LogP contribution is 2.36. The number of alkyl halides is 2. The molecule has 0 aliphatic carbocycles. The summed E-state index contributed by atoms with van der Waals surface area (Å²) in [5.74, 6) is -1.13. The number of aryl methyl sites for hydroxylation is 1. The maximum Gasteiger partial charge on any atom is 0.267 e. The number of anilines is 1. The van der Waals surface area contributed by atoms with Crippen LogP contribution in [0.15, 0.2) is 55.0 Å². The van der Waals surface area contributed by atoms with Crippen molar-refractivity contribution in [2.75, 3.05) is 12.4 Å². The summed E-state index contributed by atoms with van der Waals surface area (Å²) in [6, 6.07) is 8.49. The number of carbonyl (C=O) groups is 2. The van der Waals surface area contributed by atoms with Crippen LogP contribution in [0, 0.1) is 5.82 Å². The Morgan fingerprint density at radius 2 is 1.90 bits per heavy atom. The monoisotopic (exact) mass is 541 g/mol. The normalized spacial score (nSPS) is 11.1. The molecule has 0 saturated heterocycles. The molecule has 0 radical (unpaired) electrons. The fourth-order valence-electron chi connectivity index (χ4n) is 3.57. The number of rotatable bonds is 7. The second-order valence-electron chi connectivity index (χ2n) is 9.47. The maximum absolute atomic E-state index is 14.1. The predicted octanol–water partition coefficient (Wildman–Crippen LogP) is 6.23. The van der Waals surface area contributed by atoms with Gasteiger partial charge in [-0.1, -0.05) is 13.0 Å². The van der Waals surface area contributed by atoms with Crippen LogP contribution in [-0.2, 0) is 16.8 Å². The molecule has 0 atom stereocenters. The predicted molar refractivity (Wildman–Crippen MR) is 143 cm³/mol. The molecule has 0 saturated carbocycles. The molecular weight excluding hydrogens is 511 g/mol. The number of hydrogen-bond donors (Lipinski definition) is 2. The summed E-state index contributed by atoms with van der Waals surface area (Å²) in [4.78, 5) is 26.0. The molecule has 0 bridgehead atoms. The van der Waals surface area contributed by atoms with E-state index in [0.717, 1.165) is 17.3 Å². The lowest BCUT2D eigenvalue weighted by atomic mass is 10.1. The van der Waals surface area contributed by atoms with Gasteiger partial charge in [-0.2, -0.15) is 5.10 Å². The molecule has 2 amide bonds. The standard InChI is InChI=1S/C20H17F3N2O2.C8H13N3O/c1-3-11-4-5-17(14(8-11)19(22)23)27-18-6-7-25-16-10-15(21)12(9-13(16)18)20(26)24-2;1-8(2,3)11-5-7(4-10-11)9-6-12/h4-10,19H,3H2,1-2H3,(H,24,26);4-6H,1-3H3,(H,9,12).